The zero-order chi connectivity index (χ0) is 26.2. The summed E-state index contributed by atoms with van der Waals surface area (Å²) in [6, 6.07) is 24.2. The molecule has 0 bridgehead atoms. The summed E-state index contributed by atoms with van der Waals surface area (Å²) in [6.07, 6.45) is 5.49. The molecule has 1 heterocycles. The summed E-state index contributed by atoms with van der Waals surface area (Å²) in [5.74, 6) is -0.00696. The molecule has 0 N–H and O–H groups in total. The molecule has 5 nitrogen and oxygen atoms in total. The Morgan fingerprint density at radius 1 is 0.892 bits per heavy atom. The van der Waals surface area contributed by atoms with Crippen LogP contribution in [0.1, 0.15) is 15.9 Å². The number of amides is 1. The first-order valence-electron chi connectivity index (χ1n) is 12.1. The van der Waals surface area contributed by atoms with E-state index in [1.807, 2.05) is 100 Å². The van der Waals surface area contributed by atoms with Gasteiger partial charge in [-0.05, 0) is 66.2 Å². The number of anilines is 1. The second-order valence-corrected chi connectivity index (χ2v) is 10.4. The number of carbonyl (C=O) groups is 1. The number of allylic oxidation sites excluding steroid dienone is 3. The molecule has 190 valence electrons. The lowest BCUT2D eigenvalue weighted by Crippen LogP contribution is -2.48. The fourth-order valence-corrected chi connectivity index (χ4v) is 5.56. The minimum atomic E-state index is -1.43. The number of nitrogens with zero attached hydrogens (tertiary/aromatic N) is 3. The Balaban J connectivity index is 1.50. The van der Waals surface area contributed by atoms with E-state index in [0.717, 1.165) is 30.0 Å². The lowest BCUT2D eigenvalue weighted by atomic mass is 10.1. The highest BCUT2D eigenvalue weighted by Crippen LogP contribution is 2.25. The van der Waals surface area contributed by atoms with Crippen LogP contribution in [0.5, 0.6) is 0 Å². The van der Waals surface area contributed by atoms with E-state index in [1.54, 1.807) is 6.08 Å². The predicted molar refractivity (Wildman–Crippen MR) is 153 cm³/mol. The summed E-state index contributed by atoms with van der Waals surface area (Å²) < 4.78 is 15.4. The standard InChI is InChI=1S/C30H30ClN3O2S/c1-3-8-27(4-2)32-19-21-33(22-20-32)30(35)25-13-17-28(18-14-25)34(23-24-11-15-26(31)16-12-24)37(36)29-9-6-5-7-10-29/h3-18H,1-2,19-23H2/b27-8+. The molecule has 1 unspecified atom stereocenters. The maximum Gasteiger partial charge on any atom is 0.253 e. The minimum Gasteiger partial charge on any atom is -0.368 e. The van der Waals surface area contributed by atoms with Crippen LogP contribution in [0.2, 0.25) is 5.02 Å². The molecule has 1 amide bonds. The fraction of sp³-hybridized carbons (Fsp3) is 0.167. The Hall–Kier alpha value is -3.61. The van der Waals surface area contributed by atoms with Gasteiger partial charge in [-0.3, -0.25) is 9.10 Å². The van der Waals surface area contributed by atoms with Crippen LogP contribution in [0.25, 0.3) is 0 Å². The molecule has 1 aliphatic heterocycles. The van der Waals surface area contributed by atoms with E-state index in [0.29, 0.717) is 35.1 Å². The van der Waals surface area contributed by atoms with Gasteiger partial charge in [0, 0.05) is 42.5 Å². The Kier molecular flexibility index (Phi) is 8.99. The molecular weight excluding hydrogens is 502 g/mol. The van der Waals surface area contributed by atoms with Crippen molar-refractivity contribution in [2.75, 3.05) is 30.5 Å². The minimum absolute atomic E-state index is 0.00696. The van der Waals surface area contributed by atoms with Crippen LogP contribution in [0.4, 0.5) is 5.69 Å². The van der Waals surface area contributed by atoms with E-state index in [9.17, 15) is 9.00 Å². The molecule has 4 rings (SSSR count). The van der Waals surface area contributed by atoms with Crippen molar-refractivity contribution in [1.82, 2.24) is 9.80 Å². The molecule has 0 aromatic heterocycles. The van der Waals surface area contributed by atoms with E-state index < -0.39 is 11.0 Å². The van der Waals surface area contributed by atoms with Gasteiger partial charge in [-0.2, -0.15) is 0 Å². The summed E-state index contributed by atoms with van der Waals surface area (Å²) in [7, 11) is -1.43. The number of piperazine rings is 1. The third kappa shape index (κ3) is 6.59. The molecule has 7 heteroatoms. The first-order chi connectivity index (χ1) is 18.0. The van der Waals surface area contributed by atoms with Crippen LogP contribution in [0.15, 0.2) is 121 Å². The van der Waals surface area contributed by atoms with E-state index in [2.05, 4.69) is 18.1 Å². The van der Waals surface area contributed by atoms with Crippen molar-refractivity contribution in [2.45, 2.75) is 11.4 Å². The third-order valence-corrected chi connectivity index (χ3v) is 7.88. The molecule has 1 atom stereocenters. The zero-order valence-electron chi connectivity index (χ0n) is 20.6. The molecular formula is C30H30ClN3O2S. The quantitative estimate of drug-likeness (QED) is 0.314. The monoisotopic (exact) mass is 531 g/mol. The summed E-state index contributed by atoms with van der Waals surface area (Å²) in [6.45, 7) is 10.8. The summed E-state index contributed by atoms with van der Waals surface area (Å²) in [5.41, 5.74) is 3.37. The summed E-state index contributed by atoms with van der Waals surface area (Å²) in [5, 5.41) is 0.653. The average Bonchev–Trinajstić information content (AvgIpc) is 2.95. The number of carbonyl (C=O) groups excluding carboxylic acids is 1. The second kappa shape index (κ2) is 12.6. The van der Waals surface area contributed by atoms with Gasteiger partial charge in [0.2, 0.25) is 0 Å². The fourth-order valence-electron chi connectivity index (χ4n) is 4.21. The van der Waals surface area contributed by atoms with Gasteiger partial charge in [-0.15, -0.1) is 0 Å². The van der Waals surface area contributed by atoms with Crippen molar-refractivity contribution in [2.24, 2.45) is 0 Å². The van der Waals surface area contributed by atoms with Crippen LogP contribution in [-0.2, 0) is 17.5 Å². The van der Waals surface area contributed by atoms with E-state index >= 15 is 0 Å². The van der Waals surface area contributed by atoms with Crippen molar-refractivity contribution in [1.29, 1.82) is 0 Å². The van der Waals surface area contributed by atoms with Gasteiger partial charge >= 0.3 is 0 Å². The van der Waals surface area contributed by atoms with Crippen LogP contribution < -0.4 is 4.31 Å². The van der Waals surface area contributed by atoms with Gasteiger partial charge in [-0.25, -0.2) is 4.21 Å². The van der Waals surface area contributed by atoms with Crippen molar-refractivity contribution in [3.8, 4) is 0 Å². The Morgan fingerprint density at radius 3 is 2.11 bits per heavy atom. The first kappa shape index (κ1) is 26.5. The molecule has 3 aromatic carbocycles. The molecule has 37 heavy (non-hydrogen) atoms. The average molecular weight is 532 g/mol. The summed E-state index contributed by atoms with van der Waals surface area (Å²) >= 11 is 6.06. The lowest BCUT2D eigenvalue weighted by molar-refractivity contribution is 0.0672. The zero-order valence-corrected chi connectivity index (χ0v) is 22.2. The topological polar surface area (TPSA) is 43.9 Å². The van der Waals surface area contributed by atoms with Gasteiger partial charge in [0.25, 0.3) is 5.91 Å². The number of benzene rings is 3. The van der Waals surface area contributed by atoms with Crippen molar-refractivity contribution in [3.63, 3.8) is 0 Å². The predicted octanol–water partition coefficient (Wildman–Crippen LogP) is 6.08. The van der Waals surface area contributed by atoms with Crippen LogP contribution in [0, 0.1) is 0 Å². The second-order valence-electron chi connectivity index (χ2n) is 8.58. The Bertz CT molecular complexity index is 1280. The molecule has 1 saturated heterocycles. The third-order valence-electron chi connectivity index (χ3n) is 6.22. The molecule has 1 fully saturated rings. The number of rotatable bonds is 9. The van der Waals surface area contributed by atoms with Crippen LogP contribution in [0.3, 0.4) is 0 Å². The van der Waals surface area contributed by atoms with Crippen LogP contribution >= 0.6 is 11.6 Å². The van der Waals surface area contributed by atoms with Gasteiger partial charge in [-0.1, -0.05) is 61.2 Å². The number of hydrogen-bond donors (Lipinski definition) is 0. The summed E-state index contributed by atoms with van der Waals surface area (Å²) in [4.78, 5) is 18.0. The highest BCUT2D eigenvalue weighted by Gasteiger charge is 2.23. The Morgan fingerprint density at radius 2 is 1.51 bits per heavy atom. The normalized spacial score (nSPS) is 14.7. The SMILES string of the molecule is C=C/C=C(\C=C)N1CCN(C(=O)c2ccc(N(Cc3ccc(Cl)cc3)S(=O)c3ccccc3)cc2)CC1. The number of hydrogen-bond acceptors (Lipinski definition) is 3. The molecule has 0 saturated carbocycles. The van der Waals surface area contributed by atoms with Crippen molar-refractivity contribution in [3.05, 3.63) is 132 Å². The first-order valence-corrected chi connectivity index (χ1v) is 13.6. The molecule has 0 radical (unpaired) electrons. The van der Waals surface area contributed by atoms with Crippen LogP contribution in [-0.4, -0.2) is 46.1 Å². The van der Waals surface area contributed by atoms with Gasteiger partial charge in [0.1, 0.15) is 0 Å². The number of halogens is 1. The lowest BCUT2D eigenvalue weighted by Gasteiger charge is -2.36. The van der Waals surface area contributed by atoms with Crippen molar-refractivity contribution >= 4 is 34.2 Å². The van der Waals surface area contributed by atoms with Gasteiger partial charge < -0.3 is 9.80 Å². The largest absolute Gasteiger partial charge is 0.368 e. The van der Waals surface area contributed by atoms with E-state index in [1.165, 1.54) is 0 Å². The highest BCUT2D eigenvalue weighted by atomic mass is 35.5. The molecule has 0 spiro atoms. The molecule has 0 aliphatic carbocycles. The van der Waals surface area contributed by atoms with Crippen molar-refractivity contribution < 1.29 is 9.00 Å². The molecule has 1 aliphatic rings. The molecule has 3 aromatic rings. The smallest absolute Gasteiger partial charge is 0.253 e. The van der Waals surface area contributed by atoms with E-state index in [4.69, 9.17) is 11.6 Å². The van der Waals surface area contributed by atoms with Gasteiger partial charge in [0.15, 0.2) is 11.0 Å². The maximum absolute atomic E-state index is 13.6. The maximum atomic E-state index is 13.6. The highest BCUT2D eigenvalue weighted by molar-refractivity contribution is 7.86. The van der Waals surface area contributed by atoms with Gasteiger partial charge in [0.05, 0.1) is 17.1 Å². The van der Waals surface area contributed by atoms with E-state index in [-0.39, 0.29) is 5.91 Å². The Labute approximate surface area is 226 Å².